The Kier molecular flexibility index (Phi) is 6.66. The molecule has 1 aliphatic heterocycles. The number of anilines is 2. The van der Waals surface area contributed by atoms with Crippen molar-refractivity contribution in [2.24, 2.45) is 5.92 Å². The van der Waals surface area contributed by atoms with Crippen LogP contribution in [0.4, 0.5) is 11.4 Å². The molecule has 0 aromatic heterocycles. The molecule has 3 rings (SSSR count). The highest BCUT2D eigenvalue weighted by Crippen LogP contribution is 2.19. The van der Waals surface area contributed by atoms with Gasteiger partial charge in [-0.15, -0.1) is 0 Å². The predicted molar refractivity (Wildman–Crippen MR) is 109 cm³/mol. The van der Waals surface area contributed by atoms with Crippen LogP contribution in [-0.2, 0) is 9.53 Å². The standard InChI is InChI=1S/C22H26N2O4/c1-15(2)21(25)23-17-5-3-6-18(13-17)24-22(26)16-8-10-19(11-9-16)28-14-20-7-4-12-27-20/h3,5-6,8-11,13,15,20H,4,7,12,14H2,1-2H3,(H,23,25)(H,24,26)/t20-/m1/s1. The van der Waals surface area contributed by atoms with Gasteiger partial charge in [0.2, 0.25) is 5.91 Å². The molecule has 0 bridgehead atoms. The fraction of sp³-hybridized carbons (Fsp3) is 0.364. The molecular weight excluding hydrogens is 356 g/mol. The maximum atomic E-state index is 12.5. The molecular formula is C22H26N2O4. The lowest BCUT2D eigenvalue weighted by Crippen LogP contribution is -2.18. The second-order valence-corrected chi connectivity index (χ2v) is 7.15. The lowest BCUT2D eigenvalue weighted by molar-refractivity contribution is -0.118. The Morgan fingerprint density at radius 1 is 1.11 bits per heavy atom. The zero-order valence-corrected chi connectivity index (χ0v) is 16.2. The number of ether oxygens (including phenoxy) is 2. The van der Waals surface area contributed by atoms with Gasteiger partial charge in [-0.05, 0) is 55.3 Å². The van der Waals surface area contributed by atoms with E-state index in [1.165, 1.54) is 0 Å². The molecule has 0 spiro atoms. The van der Waals surface area contributed by atoms with Crippen molar-refractivity contribution in [3.63, 3.8) is 0 Å². The van der Waals surface area contributed by atoms with Gasteiger partial charge in [0.05, 0.1) is 6.10 Å². The first-order valence-electron chi connectivity index (χ1n) is 9.58. The third-order valence-electron chi connectivity index (χ3n) is 4.49. The second-order valence-electron chi connectivity index (χ2n) is 7.15. The molecule has 2 aromatic carbocycles. The monoisotopic (exact) mass is 382 g/mol. The van der Waals surface area contributed by atoms with Gasteiger partial charge in [0.25, 0.3) is 5.91 Å². The second kappa shape index (κ2) is 9.37. The predicted octanol–water partition coefficient (Wildman–Crippen LogP) is 4.09. The summed E-state index contributed by atoms with van der Waals surface area (Å²) < 4.78 is 11.3. The fourth-order valence-corrected chi connectivity index (χ4v) is 2.83. The maximum Gasteiger partial charge on any atom is 0.255 e. The molecule has 148 valence electrons. The molecule has 6 nitrogen and oxygen atoms in total. The minimum atomic E-state index is -0.224. The van der Waals surface area contributed by atoms with E-state index in [9.17, 15) is 9.59 Å². The van der Waals surface area contributed by atoms with Crippen LogP contribution in [0.5, 0.6) is 5.75 Å². The SMILES string of the molecule is CC(C)C(=O)Nc1cccc(NC(=O)c2ccc(OC[C@H]3CCCO3)cc2)c1. The van der Waals surface area contributed by atoms with Crippen LogP contribution in [0.15, 0.2) is 48.5 Å². The van der Waals surface area contributed by atoms with Crippen molar-refractivity contribution in [2.45, 2.75) is 32.8 Å². The number of amides is 2. The van der Waals surface area contributed by atoms with E-state index in [2.05, 4.69) is 10.6 Å². The quantitative estimate of drug-likeness (QED) is 0.756. The van der Waals surface area contributed by atoms with Gasteiger partial charge < -0.3 is 20.1 Å². The number of hydrogen-bond donors (Lipinski definition) is 2. The van der Waals surface area contributed by atoms with Gasteiger partial charge in [0.1, 0.15) is 12.4 Å². The molecule has 0 unspecified atom stereocenters. The molecule has 1 aliphatic rings. The van der Waals surface area contributed by atoms with Gasteiger partial charge in [-0.2, -0.15) is 0 Å². The van der Waals surface area contributed by atoms with Crippen molar-refractivity contribution in [3.05, 3.63) is 54.1 Å². The normalized spacial score (nSPS) is 16.0. The number of nitrogens with one attached hydrogen (secondary N) is 2. The lowest BCUT2D eigenvalue weighted by atomic mass is 10.2. The molecule has 2 amide bonds. The average molecular weight is 382 g/mol. The van der Waals surface area contributed by atoms with Crippen LogP contribution in [0.2, 0.25) is 0 Å². The van der Waals surface area contributed by atoms with Gasteiger partial charge in [-0.1, -0.05) is 19.9 Å². The van der Waals surface area contributed by atoms with Crippen molar-refractivity contribution in [3.8, 4) is 5.75 Å². The van der Waals surface area contributed by atoms with Gasteiger partial charge in [-0.25, -0.2) is 0 Å². The molecule has 0 aliphatic carbocycles. The first-order chi connectivity index (χ1) is 13.5. The Bertz CT molecular complexity index is 812. The topological polar surface area (TPSA) is 76.7 Å². The van der Waals surface area contributed by atoms with Crippen molar-refractivity contribution >= 4 is 23.2 Å². The van der Waals surface area contributed by atoms with E-state index < -0.39 is 0 Å². The Morgan fingerprint density at radius 3 is 2.46 bits per heavy atom. The molecule has 0 saturated carbocycles. The molecule has 2 aromatic rings. The minimum absolute atomic E-state index is 0.0675. The van der Waals surface area contributed by atoms with Crippen LogP contribution in [0.25, 0.3) is 0 Å². The van der Waals surface area contributed by atoms with Gasteiger partial charge in [0.15, 0.2) is 0 Å². The summed E-state index contributed by atoms with van der Waals surface area (Å²) in [5, 5.41) is 5.67. The van der Waals surface area contributed by atoms with Crippen molar-refractivity contribution in [1.29, 1.82) is 0 Å². The summed E-state index contributed by atoms with van der Waals surface area (Å²) >= 11 is 0. The van der Waals surface area contributed by atoms with E-state index in [0.717, 1.165) is 19.4 Å². The molecule has 2 N–H and O–H groups in total. The van der Waals surface area contributed by atoms with Gasteiger partial charge in [0, 0.05) is 29.5 Å². The number of carbonyl (C=O) groups is 2. The summed E-state index contributed by atoms with van der Waals surface area (Å²) in [7, 11) is 0. The summed E-state index contributed by atoms with van der Waals surface area (Å²) in [6, 6.07) is 14.1. The largest absolute Gasteiger partial charge is 0.491 e. The van der Waals surface area contributed by atoms with E-state index >= 15 is 0 Å². The average Bonchev–Trinajstić information content (AvgIpc) is 3.20. The van der Waals surface area contributed by atoms with Crippen LogP contribution >= 0.6 is 0 Å². The van der Waals surface area contributed by atoms with Gasteiger partial charge in [-0.3, -0.25) is 9.59 Å². The number of hydrogen-bond acceptors (Lipinski definition) is 4. The molecule has 1 heterocycles. The summed E-state index contributed by atoms with van der Waals surface area (Å²) in [6.07, 6.45) is 2.26. The Balaban J connectivity index is 1.56. The fourth-order valence-electron chi connectivity index (χ4n) is 2.83. The van der Waals surface area contributed by atoms with E-state index in [-0.39, 0.29) is 23.8 Å². The van der Waals surface area contributed by atoms with Crippen LogP contribution in [0.3, 0.4) is 0 Å². The molecule has 1 fully saturated rings. The summed E-state index contributed by atoms with van der Waals surface area (Å²) in [6.45, 7) is 4.99. The number of carbonyl (C=O) groups excluding carboxylic acids is 2. The molecule has 6 heteroatoms. The third kappa shape index (κ3) is 5.57. The van der Waals surface area contributed by atoms with Crippen molar-refractivity contribution < 1.29 is 19.1 Å². The number of rotatable bonds is 7. The zero-order valence-electron chi connectivity index (χ0n) is 16.2. The molecule has 28 heavy (non-hydrogen) atoms. The Hall–Kier alpha value is -2.86. The van der Waals surface area contributed by atoms with Crippen LogP contribution < -0.4 is 15.4 Å². The smallest absolute Gasteiger partial charge is 0.255 e. The van der Waals surface area contributed by atoms with Crippen LogP contribution in [0, 0.1) is 5.92 Å². The zero-order chi connectivity index (χ0) is 19.9. The van der Waals surface area contributed by atoms with Crippen molar-refractivity contribution in [1.82, 2.24) is 0 Å². The molecule has 1 saturated heterocycles. The summed E-state index contributed by atoms with van der Waals surface area (Å²) in [5.74, 6) is 0.310. The third-order valence-corrected chi connectivity index (χ3v) is 4.49. The number of benzene rings is 2. The summed E-state index contributed by atoms with van der Waals surface area (Å²) in [4.78, 5) is 24.3. The van der Waals surface area contributed by atoms with Crippen LogP contribution in [-0.4, -0.2) is 31.1 Å². The van der Waals surface area contributed by atoms with Crippen molar-refractivity contribution in [2.75, 3.05) is 23.8 Å². The highest BCUT2D eigenvalue weighted by molar-refractivity contribution is 6.04. The highest BCUT2D eigenvalue weighted by atomic mass is 16.5. The van der Waals surface area contributed by atoms with Gasteiger partial charge >= 0.3 is 0 Å². The Labute approximate surface area is 165 Å². The first kappa shape index (κ1) is 19.9. The maximum absolute atomic E-state index is 12.5. The van der Waals surface area contributed by atoms with E-state index in [1.807, 2.05) is 13.8 Å². The Morgan fingerprint density at radius 2 is 1.82 bits per heavy atom. The van der Waals surface area contributed by atoms with E-state index in [1.54, 1.807) is 48.5 Å². The van der Waals surface area contributed by atoms with E-state index in [0.29, 0.717) is 29.3 Å². The summed E-state index contributed by atoms with van der Waals surface area (Å²) in [5.41, 5.74) is 1.79. The molecule has 1 atom stereocenters. The lowest BCUT2D eigenvalue weighted by Gasteiger charge is -2.12. The minimum Gasteiger partial charge on any atom is -0.491 e. The first-order valence-corrected chi connectivity index (χ1v) is 9.58. The van der Waals surface area contributed by atoms with E-state index in [4.69, 9.17) is 9.47 Å². The molecule has 0 radical (unpaired) electrons. The van der Waals surface area contributed by atoms with Crippen LogP contribution in [0.1, 0.15) is 37.0 Å². The highest BCUT2D eigenvalue weighted by Gasteiger charge is 2.16.